The normalized spacial score (nSPS) is 10.3. The molecule has 7 heteroatoms. The lowest BCUT2D eigenvalue weighted by Gasteiger charge is -2.09. The summed E-state index contributed by atoms with van der Waals surface area (Å²) in [5, 5.41) is 9.59. The third-order valence-corrected chi connectivity index (χ3v) is 3.84. The second-order valence-corrected chi connectivity index (χ2v) is 5.54. The van der Waals surface area contributed by atoms with Crippen LogP contribution >= 0.6 is 11.3 Å². The molecule has 0 aliphatic rings. The van der Waals surface area contributed by atoms with E-state index in [1.165, 1.54) is 0 Å². The Morgan fingerprint density at radius 2 is 1.96 bits per heavy atom. The summed E-state index contributed by atoms with van der Waals surface area (Å²) in [6.07, 6.45) is 6.70. The van der Waals surface area contributed by atoms with Crippen LogP contribution in [0.15, 0.2) is 53.7 Å². The van der Waals surface area contributed by atoms with Crippen LogP contribution < -0.4 is 10.6 Å². The van der Waals surface area contributed by atoms with E-state index in [1.54, 1.807) is 36.1 Å². The fourth-order valence-corrected chi connectivity index (χ4v) is 2.69. The van der Waals surface area contributed by atoms with Crippen LogP contribution in [0.5, 0.6) is 0 Å². The predicted octanol–water partition coefficient (Wildman–Crippen LogP) is 2.60. The van der Waals surface area contributed by atoms with Gasteiger partial charge in [0.05, 0.1) is 17.9 Å². The number of aromatic nitrogens is 3. The van der Waals surface area contributed by atoms with Crippen LogP contribution in [0.2, 0.25) is 0 Å². The molecule has 0 atom stereocenters. The summed E-state index contributed by atoms with van der Waals surface area (Å²) in [5.74, 6) is 0. The van der Waals surface area contributed by atoms with Gasteiger partial charge in [0.15, 0.2) is 0 Å². The average Bonchev–Trinajstić information content (AvgIpc) is 3.14. The zero-order chi connectivity index (χ0) is 15.9. The molecule has 3 rings (SSSR count). The number of thiophene rings is 1. The van der Waals surface area contributed by atoms with Gasteiger partial charge in [0.2, 0.25) is 0 Å². The van der Waals surface area contributed by atoms with Gasteiger partial charge in [0, 0.05) is 42.3 Å². The first-order valence-electron chi connectivity index (χ1n) is 7.06. The molecule has 0 aliphatic carbocycles. The van der Waals surface area contributed by atoms with Crippen LogP contribution in [0.25, 0.3) is 11.3 Å². The third kappa shape index (κ3) is 4.10. The summed E-state index contributed by atoms with van der Waals surface area (Å²) in [4.78, 5) is 24.6. The lowest BCUT2D eigenvalue weighted by Crippen LogP contribution is -2.34. The fourth-order valence-electron chi connectivity index (χ4n) is 2.05. The molecule has 23 heavy (non-hydrogen) atoms. The van der Waals surface area contributed by atoms with E-state index in [9.17, 15) is 4.79 Å². The molecule has 3 aromatic rings. The van der Waals surface area contributed by atoms with Crippen LogP contribution in [0.1, 0.15) is 11.3 Å². The van der Waals surface area contributed by atoms with Crippen molar-refractivity contribution in [3.05, 3.63) is 65.0 Å². The minimum Gasteiger partial charge on any atom is -0.334 e. The SMILES string of the molecule is O=C(NCc1cccnc1)NCc1nccnc1-c1ccsc1. The van der Waals surface area contributed by atoms with Crippen molar-refractivity contribution in [3.63, 3.8) is 0 Å². The number of nitrogens with one attached hydrogen (secondary N) is 2. The maximum atomic E-state index is 11.9. The first-order valence-corrected chi connectivity index (χ1v) is 8.00. The third-order valence-electron chi connectivity index (χ3n) is 3.16. The van der Waals surface area contributed by atoms with E-state index in [1.807, 2.05) is 29.0 Å². The number of hydrogen-bond donors (Lipinski definition) is 2. The van der Waals surface area contributed by atoms with Gasteiger partial charge in [-0.05, 0) is 23.1 Å². The van der Waals surface area contributed by atoms with Crippen molar-refractivity contribution in [3.8, 4) is 11.3 Å². The number of nitrogens with zero attached hydrogens (tertiary/aromatic N) is 3. The first-order chi connectivity index (χ1) is 11.3. The molecule has 0 fully saturated rings. The van der Waals surface area contributed by atoms with Crippen molar-refractivity contribution in [1.82, 2.24) is 25.6 Å². The number of hydrogen-bond acceptors (Lipinski definition) is 5. The second kappa shape index (κ2) is 7.46. The quantitative estimate of drug-likeness (QED) is 0.755. The molecule has 116 valence electrons. The lowest BCUT2D eigenvalue weighted by atomic mass is 10.2. The Hall–Kier alpha value is -2.80. The van der Waals surface area contributed by atoms with Gasteiger partial charge in [0.1, 0.15) is 0 Å². The van der Waals surface area contributed by atoms with Crippen LogP contribution in [0, 0.1) is 0 Å². The number of rotatable bonds is 5. The van der Waals surface area contributed by atoms with Crippen molar-refractivity contribution in [1.29, 1.82) is 0 Å². The van der Waals surface area contributed by atoms with Gasteiger partial charge >= 0.3 is 6.03 Å². The smallest absolute Gasteiger partial charge is 0.315 e. The molecule has 0 radical (unpaired) electrons. The monoisotopic (exact) mass is 325 g/mol. The minimum absolute atomic E-state index is 0.254. The predicted molar refractivity (Wildman–Crippen MR) is 88.7 cm³/mol. The van der Waals surface area contributed by atoms with Gasteiger partial charge in [0.25, 0.3) is 0 Å². The van der Waals surface area contributed by atoms with Gasteiger partial charge in [-0.3, -0.25) is 15.0 Å². The number of pyridine rings is 1. The van der Waals surface area contributed by atoms with Gasteiger partial charge < -0.3 is 10.6 Å². The lowest BCUT2D eigenvalue weighted by molar-refractivity contribution is 0.240. The Morgan fingerprint density at radius 1 is 1.09 bits per heavy atom. The van der Waals surface area contributed by atoms with Gasteiger partial charge in [-0.1, -0.05) is 6.07 Å². The van der Waals surface area contributed by atoms with Crippen LogP contribution in [-0.2, 0) is 13.1 Å². The molecule has 2 N–H and O–H groups in total. The molecule has 0 unspecified atom stereocenters. The van der Waals surface area contributed by atoms with E-state index in [-0.39, 0.29) is 6.03 Å². The largest absolute Gasteiger partial charge is 0.334 e. The zero-order valence-electron chi connectivity index (χ0n) is 12.3. The molecule has 0 saturated carbocycles. The topological polar surface area (TPSA) is 79.8 Å². The van der Waals surface area contributed by atoms with E-state index >= 15 is 0 Å². The molecule has 3 aromatic heterocycles. The van der Waals surface area contributed by atoms with Crippen molar-refractivity contribution < 1.29 is 4.79 Å². The molecular weight excluding hydrogens is 310 g/mol. The summed E-state index contributed by atoms with van der Waals surface area (Å²) in [6.45, 7) is 0.745. The van der Waals surface area contributed by atoms with Gasteiger partial charge in [-0.2, -0.15) is 11.3 Å². The zero-order valence-corrected chi connectivity index (χ0v) is 13.1. The Kier molecular flexibility index (Phi) is 4.90. The van der Waals surface area contributed by atoms with E-state index in [4.69, 9.17) is 0 Å². The molecule has 3 heterocycles. The fraction of sp³-hybridized carbons (Fsp3) is 0.125. The molecule has 0 saturated heterocycles. The number of amides is 2. The molecule has 0 bridgehead atoms. The molecule has 0 aliphatic heterocycles. The highest BCUT2D eigenvalue weighted by molar-refractivity contribution is 7.08. The van der Waals surface area contributed by atoms with Gasteiger partial charge in [-0.25, -0.2) is 4.79 Å². The highest BCUT2D eigenvalue weighted by atomic mass is 32.1. The van der Waals surface area contributed by atoms with Crippen molar-refractivity contribution in [2.45, 2.75) is 13.1 Å². The van der Waals surface area contributed by atoms with Crippen molar-refractivity contribution in [2.75, 3.05) is 0 Å². The minimum atomic E-state index is -0.254. The summed E-state index contributed by atoms with van der Waals surface area (Å²) in [7, 11) is 0. The average molecular weight is 325 g/mol. The molecular formula is C16H15N5OS. The van der Waals surface area contributed by atoms with Crippen molar-refractivity contribution in [2.24, 2.45) is 0 Å². The Balaban J connectivity index is 1.57. The summed E-state index contributed by atoms with van der Waals surface area (Å²) in [6, 6.07) is 5.48. The molecule has 0 aromatic carbocycles. The Morgan fingerprint density at radius 3 is 2.74 bits per heavy atom. The van der Waals surface area contributed by atoms with Crippen LogP contribution in [0.3, 0.4) is 0 Å². The second-order valence-electron chi connectivity index (χ2n) is 4.76. The van der Waals surface area contributed by atoms with Crippen LogP contribution in [-0.4, -0.2) is 21.0 Å². The maximum absolute atomic E-state index is 11.9. The Labute approximate surface area is 137 Å². The van der Waals surface area contributed by atoms with E-state index in [2.05, 4.69) is 25.6 Å². The highest BCUT2D eigenvalue weighted by Crippen LogP contribution is 2.21. The van der Waals surface area contributed by atoms with E-state index < -0.39 is 0 Å². The van der Waals surface area contributed by atoms with Crippen molar-refractivity contribution >= 4 is 17.4 Å². The maximum Gasteiger partial charge on any atom is 0.315 e. The number of carbonyl (C=O) groups is 1. The summed E-state index contributed by atoms with van der Waals surface area (Å²) >= 11 is 1.60. The summed E-state index contributed by atoms with van der Waals surface area (Å²) < 4.78 is 0. The Bertz CT molecular complexity index is 761. The van der Waals surface area contributed by atoms with E-state index in [0.29, 0.717) is 13.1 Å². The van der Waals surface area contributed by atoms with Crippen LogP contribution in [0.4, 0.5) is 4.79 Å². The standard InChI is InChI=1S/C16H15N5OS/c22-16(20-9-12-2-1-4-17-8-12)21-10-14-15(19-6-5-18-14)13-3-7-23-11-13/h1-8,11H,9-10H2,(H2,20,21,22). The molecule has 2 amide bonds. The van der Waals surface area contributed by atoms with Gasteiger partial charge in [-0.15, -0.1) is 0 Å². The molecule has 6 nitrogen and oxygen atoms in total. The number of urea groups is 1. The number of carbonyl (C=O) groups excluding carboxylic acids is 1. The molecule has 0 spiro atoms. The first kappa shape index (κ1) is 15.1. The van der Waals surface area contributed by atoms with E-state index in [0.717, 1.165) is 22.5 Å². The highest BCUT2D eigenvalue weighted by Gasteiger charge is 2.09. The summed E-state index contributed by atoms with van der Waals surface area (Å²) in [5.41, 5.74) is 3.49.